The van der Waals surface area contributed by atoms with Crippen molar-refractivity contribution in [2.24, 2.45) is 0 Å². The molecule has 0 saturated carbocycles. The van der Waals surface area contributed by atoms with Gasteiger partial charge in [0.15, 0.2) is 11.5 Å². The number of nitrogen functional groups attached to an aromatic ring is 1. The van der Waals surface area contributed by atoms with Crippen molar-refractivity contribution in [3.63, 3.8) is 0 Å². The summed E-state index contributed by atoms with van der Waals surface area (Å²) >= 11 is 0. The quantitative estimate of drug-likeness (QED) is 0.564. The van der Waals surface area contributed by atoms with Gasteiger partial charge >= 0.3 is 0 Å². The van der Waals surface area contributed by atoms with Crippen LogP contribution in [0.25, 0.3) is 10.9 Å². The van der Waals surface area contributed by atoms with Crippen molar-refractivity contribution in [2.45, 2.75) is 32.1 Å². The van der Waals surface area contributed by atoms with E-state index in [1.54, 1.807) is 7.11 Å². The number of unbranched alkanes of at least 4 members (excludes halogenated alkanes) is 4. The summed E-state index contributed by atoms with van der Waals surface area (Å²) in [4.78, 5) is 8.20. The molecule has 5 nitrogen and oxygen atoms in total. The van der Waals surface area contributed by atoms with E-state index >= 15 is 0 Å². The molecule has 22 heavy (non-hydrogen) atoms. The molecule has 0 aliphatic carbocycles. The number of allylic oxidation sites excluding steroid dienone is 1. The fraction of sp³-hybridized carbons (Fsp3) is 0.412. The van der Waals surface area contributed by atoms with E-state index in [1.165, 1.54) is 19.2 Å². The molecular weight excluding hydrogens is 278 g/mol. The topological polar surface area (TPSA) is 70.3 Å². The first-order chi connectivity index (χ1) is 10.8. The Bertz CT molecular complexity index is 629. The van der Waals surface area contributed by atoms with Gasteiger partial charge in [-0.3, -0.25) is 0 Å². The number of fused-ring (bicyclic) bond motifs is 1. The van der Waals surface area contributed by atoms with Gasteiger partial charge in [0.05, 0.1) is 19.2 Å². The molecular formula is C17H23N3O2. The largest absolute Gasteiger partial charge is 0.493 e. The first-order valence-electron chi connectivity index (χ1n) is 7.58. The minimum Gasteiger partial charge on any atom is -0.493 e. The van der Waals surface area contributed by atoms with Crippen LogP contribution in [0.2, 0.25) is 0 Å². The average Bonchev–Trinajstić information content (AvgIpc) is 2.54. The second kappa shape index (κ2) is 8.22. The zero-order valence-corrected chi connectivity index (χ0v) is 13.0. The van der Waals surface area contributed by atoms with Crippen molar-refractivity contribution in [3.8, 4) is 11.5 Å². The van der Waals surface area contributed by atoms with Gasteiger partial charge in [-0.15, -0.1) is 6.58 Å². The standard InChI is InChI=1S/C17H23N3O2/c1-3-4-5-6-7-8-9-22-16-10-13-14(11-15(16)21-2)19-12-20-17(13)18/h3,10-12H,1,4-9H2,2H3,(H2,18,19,20). The normalized spacial score (nSPS) is 10.6. The van der Waals surface area contributed by atoms with Crippen molar-refractivity contribution >= 4 is 16.7 Å². The number of anilines is 1. The lowest BCUT2D eigenvalue weighted by Gasteiger charge is -2.12. The van der Waals surface area contributed by atoms with Crippen molar-refractivity contribution in [1.82, 2.24) is 9.97 Å². The molecule has 1 aromatic heterocycles. The Labute approximate surface area is 131 Å². The monoisotopic (exact) mass is 301 g/mol. The lowest BCUT2D eigenvalue weighted by atomic mass is 10.1. The Morgan fingerprint density at radius 1 is 1.14 bits per heavy atom. The summed E-state index contributed by atoms with van der Waals surface area (Å²) in [6, 6.07) is 3.67. The molecule has 0 aliphatic heterocycles. The lowest BCUT2D eigenvalue weighted by Crippen LogP contribution is -2.01. The average molecular weight is 301 g/mol. The molecule has 0 fully saturated rings. The molecule has 2 aromatic rings. The Kier molecular flexibility index (Phi) is 6.01. The highest BCUT2D eigenvalue weighted by Gasteiger charge is 2.10. The zero-order valence-electron chi connectivity index (χ0n) is 13.0. The third-order valence-corrected chi connectivity index (χ3v) is 3.51. The number of nitrogens with zero attached hydrogens (tertiary/aromatic N) is 2. The van der Waals surface area contributed by atoms with E-state index in [2.05, 4.69) is 16.5 Å². The predicted octanol–water partition coefficient (Wildman–Crippen LogP) is 3.74. The number of benzene rings is 1. The highest BCUT2D eigenvalue weighted by Crippen LogP contribution is 2.33. The van der Waals surface area contributed by atoms with Crippen molar-refractivity contribution in [2.75, 3.05) is 19.5 Å². The van der Waals surface area contributed by atoms with Gasteiger partial charge < -0.3 is 15.2 Å². The van der Waals surface area contributed by atoms with Gasteiger partial charge in [0.2, 0.25) is 0 Å². The number of methoxy groups -OCH3 is 1. The molecule has 0 saturated heterocycles. The highest BCUT2D eigenvalue weighted by atomic mass is 16.5. The molecule has 5 heteroatoms. The van der Waals surface area contributed by atoms with Crippen molar-refractivity contribution in [1.29, 1.82) is 0 Å². The molecule has 2 N–H and O–H groups in total. The van der Waals surface area contributed by atoms with Crippen molar-refractivity contribution in [3.05, 3.63) is 31.1 Å². The SMILES string of the molecule is C=CCCCCCCOc1cc2c(N)ncnc2cc1OC. The van der Waals surface area contributed by atoms with Gasteiger partial charge in [0, 0.05) is 11.5 Å². The van der Waals surface area contributed by atoms with Gasteiger partial charge in [0.1, 0.15) is 12.1 Å². The summed E-state index contributed by atoms with van der Waals surface area (Å²) in [5.41, 5.74) is 6.63. The summed E-state index contributed by atoms with van der Waals surface area (Å²) in [6.45, 7) is 4.38. The second-order valence-electron chi connectivity index (χ2n) is 5.12. The van der Waals surface area contributed by atoms with Crippen LogP contribution in [0.15, 0.2) is 31.1 Å². The van der Waals surface area contributed by atoms with Crippen LogP contribution < -0.4 is 15.2 Å². The van der Waals surface area contributed by atoms with Gasteiger partial charge in [0.25, 0.3) is 0 Å². The molecule has 0 atom stereocenters. The van der Waals surface area contributed by atoms with Crippen LogP contribution in [0, 0.1) is 0 Å². The smallest absolute Gasteiger partial charge is 0.162 e. The molecule has 0 radical (unpaired) electrons. The number of hydrogen-bond acceptors (Lipinski definition) is 5. The Morgan fingerprint density at radius 3 is 2.73 bits per heavy atom. The van der Waals surface area contributed by atoms with Gasteiger partial charge in [-0.2, -0.15) is 0 Å². The number of nitrogens with two attached hydrogens (primary N) is 1. The lowest BCUT2D eigenvalue weighted by molar-refractivity contribution is 0.285. The first-order valence-corrected chi connectivity index (χ1v) is 7.58. The number of ether oxygens (including phenoxy) is 2. The van der Waals surface area contributed by atoms with Crippen LogP contribution in [-0.2, 0) is 0 Å². The van der Waals surface area contributed by atoms with E-state index in [1.807, 2.05) is 18.2 Å². The van der Waals surface area contributed by atoms with Gasteiger partial charge in [-0.1, -0.05) is 18.9 Å². The van der Waals surface area contributed by atoms with Gasteiger partial charge in [-0.05, 0) is 25.3 Å². The summed E-state index contributed by atoms with van der Waals surface area (Å²) in [7, 11) is 1.62. The van der Waals surface area contributed by atoms with Crippen LogP contribution >= 0.6 is 0 Å². The second-order valence-corrected chi connectivity index (χ2v) is 5.12. The van der Waals surface area contributed by atoms with Gasteiger partial charge in [-0.25, -0.2) is 9.97 Å². The molecule has 0 bridgehead atoms. The van der Waals surface area contributed by atoms with Crippen LogP contribution in [0.1, 0.15) is 32.1 Å². The molecule has 0 amide bonds. The van der Waals surface area contributed by atoms with Crippen LogP contribution in [0.5, 0.6) is 11.5 Å². The molecule has 1 aromatic carbocycles. The summed E-state index contributed by atoms with van der Waals surface area (Å²) in [6.07, 6.45) is 9.04. The minimum absolute atomic E-state index is 0.446. The van der Waals surface area contributed by atoms with Crippen LogP contribution in [0.4, 0.5) is 5.82 Å². The highest BCUT2D eigenvalue weighted by molar-refractivity contribution is 5.90. The summed E-state index contributed by atoms with van der Waals surface area (Å²) in [5.74, 6) is 1.79. The Morgan fingerprint density at radius 2 is 1.95 bits per heavy atom. The minimum atomic E-state index is 0.446. The number of rotatable bonds is 9. The van der Waals surface area contributed by atoms with E-state index in [0.29, 0.717) is 23.9 Å². The first kappa shape index (κ1) is 16.1. The third kappa shape index (κ3) is 4.10. The summed E-state index contributed by atoms with van der Waals surface area (Å²) in [5, 5.41) is 0.782. The fourth-order valence-electron chi connectivity index (χ4n) is 2.28. The van der Waals surface area contributed by atoms with Crippen LogP contribution in [0.3, 0.4) is 0 Å². The Balaban J connectivity index is 1.97. The van der Waals surface area contributed by atoms with E-state index < -0.39 is 0 Å². The maximum atomic E-state index is 5.88. The number of hydrogen-bond donors (Lipinski definition) is 1. The molecule has 1 heterocycles. The molecule has 118 valence electrons. The zero-order chi connectivity index (χ0) is 15.8. The van der Waals surface area contributed by atoms with E-state index in [0.717, 1.165) is 30.2 Å². The fourth-order valence-corrected chi connectivity index (χ4v) is 2.28. The van der Waals surface area contributed by atoms with E-state index in [4.69, 9.17) is 15.2 Å². The Hall–Kier alpha value is -2.30. The molecule has 0 aliphatic rings. The molecule has 0 unspecified atom stereocenters. The van der Waals surface area contributed by atoms with Crippen LogP contribution in [-0.4, -0.2) is 23.7 Å². The van der Waals surface area contributed by atoms with E-state index in [9.17, 15) is 0 Å². The molecule has 2 rings (SSSR count). The van der Waals surface area contributed by atoms with Crippen molar-refractivity contribution < 1.29 is 9.47 Å². The predicted molar refractivity (Wildman–Crippen MR) is 89.3 cm³/mol. The van der Waals surface area contributed by atoms with E-state index in [-0.39, 0.29) is 0 Å². The number of aromatic nitrogens is 2. The maximum Gasteiger partial charge on any atom is 0.162 e. The maximum absolute atomic E-state index is 5.88. The molecule has 0 spiro atoms. The third-order valence-electron chi connectivity index (χ3n) is 3.51. The summed E-state index contributed by atoms with van der Waals surface area (Å²) < 4.78 is 11.2.